The summed E-state index contributed by atoms with van der Waals surface area (Å²) in [5.74, 6) is -0.291. The summed E-state index contributed by atoms with van der Waals surface area (Å²) in [5.41, 5.74) is 7.80. The zero-order chi connectivity index (χ0) is 14.8. The first-order valence-corrected chi connectivity index (χ1v) is 6.90. The van der Waals surface area contributed by atoms with Crippen LogP contribution >= 0.6 is 0 Å². The Balaban J connectivity index is 1.79. The van der Waals surface area contributed by atoms with Gasteiger partial charge in [-0.15, -0.1) is 0 Å². The number of likely N-dealkylation sites (tertiary alicyclic amines) is 1. The number of nitrogen functional groups attached to an aromatic ring is 1. The summed E-state index contributed by atoms with van der Waals surface area (Å²) in [4.78, 5) is 25.9. The Morgan fingerprint density at radius 3 is 2.38 bits per heavy atom. The van der Waals surface area contributed by atoms with Crippen molar-refractivity contribution in [2.45, 2.75) is 12.3 Å². The maximum atomic E-state index is 12.4. The standard InChI is InChI=1S/C17H16N2O2/c18-15-8-6-13(7-9-15)17(21)19-11-14(10-16(19)20)12-4-2-1-3-5-12/h1-9,14H,10-11,18H2/t14-/m1/s1. The molecule has 0 spiro atoms. The van der Waals surface area contributed by atoms with Gasteiger partial charge in [-0.3, -0.25) is 14.5 Å². The minimum atomic E-state index is -0.251. The molecule has 0 saturated carbocycles. The molecule has 0 unspecified atom stereocenters. The predicted molar refractivity (Wildman–Crippen MR) is 80.7 cm³/mol. The van der Waals surface area contributed by atoms with Gasteiger partial charge < -0.3 is 5.73 Å². The van der Waals surface area contributed by atoms with E-state index in [1.54, 1.807) is 24.3 Å². The third-order valence-electron chi connectivity index (χ3n) is 3.80. The lowest BCUT2D eigenvalue weighted by molar-refractivity contribution is -0.125. The van der Waals surface area contributed by atoms with E-state index in [-0.39, 0.29) is 17.7 Å². The van der Waals surface area contributed by atoms with Crippen LogP contribution in [-0.4, -0.2) is 23.3 Å². The topological polar surface area (TPSA) is 63.4 Å². The van der Waals surface area contributed by atoms with Crippen LogP contribution < -0.4 is 5.73 Å². The molecule has 2 amide bonds. The van der Waals surface area contributed by atoms with Crippen molar-refractivity contribution in [1.29, 1.82) is 0 Å². The van der Waals surface area contributed by atoms with Gasteiger partial charge in [0.15, 0.2) is 0 Å². The molecule has 1 fully saturated rings. The van der Waals surface area contributed by atoms with Crippen molar-refractivity contribution < 1.29 is 9.59 Å². The van der Waals surface area contributed by atoms with E-state index in [1.807, 2.05) is 30.3 Å². The smallest absolute Gasteiger partial charge is 0.260 e. The van der Waals surface area contributed by atoms with Gasteiger partial charge in [-0.05, 0) is 29.8 Å². The van der Waals surface area contributed by atoms with Crippen molar-refractivity contribution in [1.82, 2.24) is 4.90 Å². The Labute approximate surface area is 123 Å². The van der Waals surface area contributed by atoms with E-state index >= 15 is 0 Å². The molecule has 0 aliphatic carbocycles. The summed E-state index contributed by atoms with van der Waals surface area (Å²) in [7, 11) is 0. The molecule has 2 aromatic rings. The van der Waals surface area contributed by atoms with Crippen molar-refractivity contribution in [2.75, 3.05) is 12.3 Å². The number of amides is 2. The molecule has 3 rings (SSSR count). The van der Waals surface area contributed by atoms with Gasteiger partial charge in [-0.25, -0.2) is 0 Å². The van der Waals surface area contributed by atoms with Crippen LogP contribution in [-0.2, 0) is 4.79 Å². The second-order valence-electron chi connectivity index (χ2n) is 5.24. The van der Waals surface area contributed by atoms with E-state index in [0.717, 1.165) is 5.56 Å². The van der Waals surface area contributed by atoms with Crippen molar-refractivity contribution >= 4 is 17.5 Å². The van der Waals surface area contributed by atoms with Crippen LogP contribution in [0.3, 0.4) is 0 Å². The van der Waals surface area contributed by atoms with Gasteiger partial charge in [0.1, 0.15) is 0 Å². The quantitative estimate of drug-likeness (QED) is 0.678. The van der Waals surface area contributed by atoms with E-state index in [4.69, 9.17) is 5.73 Å². The Morgan fingerprint density at radius 2 is 1.71 bits per heavy atom. The summed E-state index contributed by atoms with van der Waals surface area (Å²) in [5, 5.41) is 0. The zero-order valence-electron chi connectivity index (χ0n) is 11.5. The number of anilines is 1. The fourth-order valence-corrected chi connectivity index (χ4v) is 2.63. The van der Waals surface area contributed by atoms with E-state index in [2.05, 4.69) is 0 Å². The molecule has 1 aliphatic heterocycles. The number of imide groups is 1. The second-order valence-corrected chi connectivity index (χ2v) is 5.24. The lowest BCUT2D eigenvalue weighted by atomic mass is 9.98. The third kappa shape index (κ3) is 2.65. The van der Waals surface area contributed by atoms with E-state index in [0.29, 0.717) is 24.2 Å². The number of hydrogen-bond acceptors (Lipinski definition) is 3. The number of carbonyl (C=O) groups excluding carboxylic acids is 2. The number of hydrogen-bond donors (Lipinski definition) is 1. The summed E-state index contributed by atoms with van der Waals surface area (Å²) in [6.07, 6.45) is 0.380. The Kier molecular flexibility index (Phi) is 3.44. The molecule has 1 atom stereocenters. The molecule has 2 aromatic carbocycles. The summed E-state index contributed by atoms with van der Waals surface area (Å²) in [6.45, 7) is 0.437. The molecule has 1 aliphatic rings. The molecular formula is C17H16N2O2. The Hall–Kier alpha value is -2.62. The lowest BCUT2D eigenvalue weighted by Gasteiger charge is -2.15. The van der Waals surface area contributed by atoms with Crippen molar-refractivity contribution in [2.24, 2.45) is 0 Å². The van der Waals surface area contributed by atoms with E-state index < -0.39 is 0 Å². The highest BCUT2D eigenvalue weighted by Gasteiger charge is 2.34. The first-order chi connectivity index (χ1) is 10.1. The monoisotopic (exact) mass is 280 g/mol. The van der Waals surface area contributed by atoms with E-state index in [1.165, 1.54) is 4.90 Å². The largest absolute Gasteiger partial charge is 0.399 e. The molecule has 4 nitrogen and oxygen atoms in total. The summed E-state index contributed by atoms with van der Waals surface area (Å²) >= 11 is 0. The molecule has 1 saturated heterocycles. The van der Waals surface area contributed by atoms with Crippen LogP contribution in [0, 0.1) is 0 Å². The molecule has 1 heterocycles. The molecule has 0 bridgehead atoms. The van der Waals surface area contributed by atoms with Crippen LogP contribution in [0.25, 0.3) is 0 Å². The van der Waals surface area contributed by atoms with Gasteiger partial charge in [-0.2, -0.15) is 0 Å². The average molecular weight is 280 g/mol. The predicted octanol–water partition coefficient (Wildman–Crippen LogP) is 2.43. The molecule has 0 radical (unpaired) electrons. The molecular weight excluding hydrogens is 264 g/mol. The molecule has 4 heteroatoms. The lowest BCUT2D eigenvalue weighted by Crippen LogP contribution is -2.32. The minimum Gasteiger partial charge on any atom is -0.399 e. The summed E-state index contributed by atoms with van der Waals surface area (Å²) in [6, 6.07) is 16.5. The number of nitrogens with two attached hydrogens (primary N) is 1. The number of rotatable bonds is 2. The normalized spacial score (nSPS) is 18.0. The van der Waals surface area contributed by atoms with E-state index in [9.17, 15) is 9.59 Å². The first kappa shape index (κ1) is 13.4. The first-order valence-electron chi connectivity index (χ1n) is 6.90. The fourth-order valence-electron chi connectivity index (χ4n) is 2.63. The van der Waals surface area contributed by atoms with Gasteiger partial charge in [-0.1, -0.05) is 30.3 Å². The van der Waals surface area contributed by atoms with Crippen LogP contribution in [0.2, 0.25) is 0 Å². The van der Waals surface area contributed by atoms with Gasteiger partial charge in [0.05, 0.1) is 0 Å². The second kappa shape index (κ2) is 5.40. The van der Waals surface area contributed by atoms with Crippen LogP contribution in [0.15, 0.2) is 54.6 Å². The third-order valence-corrected chi connectivity index (χ3v) is 3.80. The van der Waals surface area contributed by atoms with Crippen LogP contribution in [0.5, 0.6) is 0 Å². The Bertz CT molecular complexity index is 665. The maximum Gasteiger partial charge on any atom is 0.260 e. The van der Waals surface area contributed by atoms with Gasteiger partial charge >= 0.3 is 0 Å². The zero-order valence-corrected chi connectivity index (χ0v) is 11.5. The van der Waals surface area contributed by atoms with Crippen LogP contribution in [0.4, 0.5) is 5.69 Å². The van der Waals surface area contributed by atoms with Gasteiger partial charge in [0.25, 0.3) is 5.91 Å². The minimum absolute atomic E-state index is 0.0800. The summed E-state index contributed by atoms with van der Waals surface area (Å²) < 4.78 is 0. The van der Waals surface area contributed by atoms with Crippen molar-refractivity contribution in [3.63, 3.8) is 0 Å². The highest BCUT2D eigenvalue weighted by Crippen LogP contribution is 2.29. The van der Waals surface area contributed by atoms with Gasteiger partial charge in [0, 0.05) is 30.1 Å². The van der Waals surface area contributed by atoms with Crippen molar-refractivity contribution in [3.05, 3.63) is 65.7 Å². The SMILES string of the molecule is Nc1ccc(C(=O)N2C[C@H](c3ccccc3)CC2=O)cc1. The Morgan fingerprint density at radius 1 is 1.05 bits per heavy atom. The van der Waals surface area contributed by atoms with Gasteiger partial charge in [0.2, 0.25) is 5.91 Å². The highest BCUT2D eigenvalue weighted by molar-refractivity contribution is 6.06. The maximum absolute atomic E-state index is 12.4. The highest BCUT2D eigenvalue weighted by atomic mass is 16.2. The number of carbonyl (C=O) groups is 2. The number of benzene rings is 2. The molecule has 0 aromatic heterocycles. The fraction of sp³-hybridized carbons (Fsp3) is 0.176. The number of nitrogens with zero attached hydrogens (tertiary/aromatic N) is 1. The van der Waals surface area contributed by atoms with Crippen molar-refractivity contribution in [3.8, 4) is 0 Å². The average Bonchev–Trinajstić information content (AvgIpc) is 2.90. The molecule has 2 N–H and O–H groups in total. The molecule has 21 heavy (non-hydrogen) atoms. The molecule has 106 valence electrons. The van der Waals surface area contributed by atoms with Crippen LogP contribution in [0.1, 0.15) is 28.3 Å².